The minimum atomic E-state index is 0.779. The van der Waals surface area contributed by atoms with Gasteiger partial charge in [0.1, 0.15) is 12.1 Å². The molecule has 0 spiro atoms. The number of H-pyrrole nitrogens is 1. The molecule has 2 aromatic heterocycles. The van der Waals surface area contributed by atoms with Gasteiger partial charge >= 0.3 is 0 Å². The van der Waals surface area contributed by atoms with E-state index in [2.05, 4.69) is 25.5 Å². The van der Waals surface area contributed by atoms with Gasteiger partial charge < -0.3 is 5.32 Å². The first-order chi connectivity index (χ1) is 8.92. The monoisotopic (exact) mass is 237 g/mol. The van der Waals surface area contributed by atoms with Crippen molar-refractivity contribution >= 4 is 11.5 Å². The summed E-state index contributed by atoms with van der Waals surface area (Å²) >= 11 is 0. The maximum absolute atomic E-state index is 4.11. The van der Waals surface area contributed by atoms with Gasteiger partial charge in [-0.2, -0.15) is 5.10 Å². The highest BCUT2D eigenvalue weighted by Gasteiger charge is 1.99. The fraction of sp³-hybridized carbons (Fsp3) is 0. The average molecular weight is 237 g/mol. The lowest BCUT2D eigenvalue weighted by molar-refractivity contribution is 1.09. The quantitative estimate of drug-likeness (QED) is 0.734. The zero-order chi connectivity index (χ0) is 12.2. The van der Waals surface area contributed by atoms with Gasteiger partial charge in [-0.25, -0.2) is 9.97 Å². The van der Waals surface area contributed by atoms with E-state index in [0.717, 1.165) is 22.6 Å². The van der Waals surface area contributed by atoms with Crippen LogP contribution >= 0.6 is 0 Å². The Kier molecular flexibility index (Phi) is 2.71. The van der Waals surface area contributed by atoms with E-state index in [9.17, 15) is 0 Å². The van der Waals surface area contributed by atoms with E-state index >= 15 is 0 Å². The third-order valence-electron chi connectivity index (χ3n) is 2.57. The summed E-state index contributed by atoms with van der Waals surface area (Å²) in [7, 11) is 0. The maximum atomic E-state index is 4.11. The molecule has 5 heteroatoms. The number of hydrogen-bond donors (Lipinski definition) is 2. The molecule has 88 valence electrons. The van der Waals surface area contributed by atoms with Crippen molar-refractivity contribution in [3.05, 3.63) is 55.2 Å². The van der Waals surface area contributed by atoms with Crippen molar-refractivity contribution in [2.45, 2.75) is 0 Å². The van der Waals surface area contributed by atoms with E-state index in [1.54, 1.807) is 12.4 Å². The van der Waals surface area contributed by atoms with Crippen LogP contribution in [0.15, 0.2) is 55.2 Å². The predicted molar refractivity (Wildman–Crippen MR) is 69.3 cm³/mol. The second-order valence-electron chi connectivity index (χ2n) is 3.78. The summed E-state index contributed by atoms with van der Waals surface area (Å²) in [5.74, 6) is 0.779. The van der Waals surface area contributed by atoms with Gasteiger partial charge in [-0.3, -0.25) is 5.10 Å². The summed E-state index contributed by atoms with van der Waals surface area (Å²) in [5.41, 5.74) is 3.18. The van der Waals surface area contributed by atoms with E-state index in [4.69, 9.17) is 0 Å². The molecule has 0 aliphatic heterocycles. The van der Waals surface area contributed by atoms with E-state index in [1.807, 2.05) is 36.5 Å². The molecule has 0 bridgehead atoms. The van der Waals surface area contributed by atoms with Gasteiger partial charge in [-0.1, -0.05) is 12.1 Å². The number of benzene rings is 1. The zero-order valence-electron chi connectivity index (χ0n) is 9.54. The number of nitrogens with one attached hydrogen (secondary N) is 2. The van der Waals surface area contributed by atoms with E-state index in [-0.39, 0.29) is 0 Å². The highest BCUT2D eigenvalue weighted by atomic mass is 15.1. The van der Waals surface area contributed by atoms with Crippen LogP contribution in [0.5, 0.6) is 0 Å². The average Bonchev–Trinajstić information content (AvgIpc) is 2.95. The Morgan fingerprint density at radius 3 is 2.56 bits per heavy atom. The van der Waals surface area contributed by atoms with Gasteiger partial charge in [0.15, 0.2) is 0 Å². The normalized spacial score (nSPS) is 10.2. The fourth-order valence-corrected chi connectivity index (χ4v) is 1.67. The number of aromatic nitrogens is 4. The van der Waals surface area contributed by atoms with Crippen molar-refractivity contribution in [2.24, 2.45) is 0 Å². The standard InChI is InChI=1S/C13H11N5/c1-3-12(18-13-5-6-14-9-15-13)4-2-10(1)11-7-16-17-8-11/h1-9H,(H,16,17)(H,14,15,18). The molecule has 5 nitrogen and oxygen atoms in total. The van der Waals surface area contributed by atoms with Crippen LogP contribution in [0.2, 0.25) is 0 Å². The van der Waals surface area contributed by atoms with Crippen molar-refractivity contribution in [1.82, 2.24) is 20.2 Å². The van der Waals surface area contributed by atoms with Crippen LogP contribution in [0.4, 0.5) is 11.5 Å². The molecule has 0 unspecified atom stereocenters. The molecule has 0 fully saturated rings. The Morgan fingerprint density at radius 2 is 1.89 bits per heavy atom. The van der Waals surface area contributed by atoms with Crippen LogP contribution in [0, 0.1) is 0 Å². The molecule has 0 aliphatic carbocycles. The molecule has 0 aliphatic rings. The number of anilines is 2. The van der Waals surface area contributed by atoms with Crippen LogP contribution in [-0.2, 0) is 0 Å². The number of rotatable bonds is 3. The lowest BCUT2D eigenvalue weighted by Crippen LogP contribution is -1.92. The number of aromatic amines is 1. The molecule has 1 aromatic carbocycles. The molecule has 0 atom stereocenters. The van der Waals surface area contributed by atoms with E-state index in [1.165, 1.54) is 6.33 Å². The Hall–Kier alpha value is -2.69. The van der Waals surface area contributed by atoms with Crippen LogP contribution < -0.4 is 5.32 Å². The van der Waals surface area contributed by atoms with E-state index < -0.39 is 0 Å². The second-order valence-corrected chi connectivity index (χ2v) is 3.78. The fourth-order valence-electron chi connectivity index (χ4n) is 1.67. The van der Waals surface area contributed by atoms with Crippen molar-refractivity contribution in [3.8, 4) is 11.1 Å². The smallest absolute Gasteiger partial charge is 0.133 e. The molecule has 0 saturated heterocycles. The summed E-state index contributed by atoms with van der Waals surface area (Å²) < 4.78 is 0. The molecular formula is C13H11N5. The minimum Gasteiger partial charge on any atom is -0.340 e. The Labute approximate surface area is 104 Å². The predicted octanol–water partition coefficient (Wildman–Crippen LogP) is 2.61. The summed E-state index contributed by atoms with van der Waals surface area (Å²) in [6, 6.07) is 9.90. The number of hydrogen-bond acceptors (Lipinski definition) is 4. The molecule has 0 saturated carbocycles. The van der Waals surface area contributed by atoms with Crippen LogP contribution in [0.1, 0.15) is 0 Å². The molecular weight excluding hydrogens is 226 g/mol. The third kappa shape index (κ3) is 2.20. The molecule has 0 radical (unpaired) electrons. The van der Waals surface area contributed by atoms with Crippen molar-refractivity contribution in [2.75, 3.05) is 5.32 Å². The number of nitrogens with zero attached hydrogens (tertiary/aromatic N) is 3. The zero-order valence-corrected chi connectivity index (χ0v) is 9.54. The highest BCUT2D eigenvalue weighted by Crippen LogP contribution is 2.21. The lowest BCUT2D eigenvalue weighted by Gasteiger charge is -2.05. The topological polar surface area (TPSA) is 66.5 Å². The molecule has 2 N–H and O–H groups in total. The minimum absolute atomic E-state index is 0.779. The van der Waals surface area contributed by atoms with Gasteiger partial charge in [-0.05, 0) is 23.8 Å². The van der Waals surface area contributed by atoms with Crippen molar-refractivity contribution in [1.29, 1.82) is 0 Å². The first-order valence-electron chi connectivity index (χ1n) is 5.54. The van der Waals surface area contributed by atoms with E-state index in [0.29, 0.717) is 0 Å². The first kappa shape index (κ1) is 10.5. The second kappa shape index (κ2) is 4.67. The molecule has 18 heavy (non-hydrogen) atoms. The lowest BCUT2D eigenvalue weighted by atomic mass is 10.1. The van der Waals surface area contributed by atoms with Gasteiger partial charge in [0.25, 0.3) is 0 Å². The van der Waals surface area contributed by atoms with Crippen molar-refractivity contribution in [3.63, 3.8) is 0 Å². The summed E-state index contributed by atoms with van der Waals surface area (Å²) in [6.07, 6.45) is 6.89. The Morgan fingerprint density at radius 1 is 1.00 bits per heavy atom. The summed E-state index contributed by atoms with van der Waals surface area (Å²) in [5, 5.41) is 9.93. The summed E-state index contributed by atoms with van der Waals surface area (Å²) in [6.45, 7) is 0. The molecule has 3 rings (SSSR count). The van der Waals surface area contributed by atoms with Gasteiger partial charge in [0.2, 0.25) is 0 Å². The maximum Gasteiger partial charge on any atom is 0.133 e. The van der Waals surface area contributed by atoms with Gasteiger partial charge in [0.05, 0.1) is 6.20 Å². The highest BCUT2D eigenvalue weighted by molar-refractivity contribution is 5.66. The Bertz CT molecular complexity index is 602. The van der Waals surface area contributed by atoms with Gasteiger partial charge in [0, 0.05) is 23.6 Å². The van der Waals surface area contributed by atoms with Crippen LogP contribution in [0.25, 0.3) is 11.1 Å². The third-order valence-corrected chi connectivity index (χ3v) is 2.57. The first-order valence-corrected chi connectivity index (χ1v) is 5.54. The SMILES string of the molecule is c1cc(Nc2ccc(-c3cn[nH]c3)cc2)ncn1. The largest absolute Gasteiger partial charge is 0.340 e. The van der Waals surface area contributed by atoms with Crippen LogP contribution in [-0.4, -0.2) is 20.2 Å². The Balaban J connectivity index is 1.80. The van der Waals surface area contributed by atoms with Crippen LogP contribution in [0.3, 0.4) is 0 Å². The molecule has 0 amide bonds. The molecule has 2 heterocycles. The molecule has 3 aromatic rings. The van der Waals surface area contributed by atoms with Gasteiger partial charge in [-0.15, -0.1) is 0 Å². The van der Waals surface area contributed by atoms with Crippen molar-refractivity contribution < 1.29 is 0 Å². The summed E-state index contributed by atoms with van der Waals surface area (Å²) in [4.78, 5) is 7.98.